The molecule has 0 radical (unpaired) electrons. The van der Waals surface area contributed by atoms with Crippen LogP contribution >= 0.6 is 22.3 Å². The summed E-state index contributed by atoms with van der Waals surface area (Å²) in [5.74, 6) is 0. The lowest BCUT2D eigenvalue weighted by molar-refractivity contribution is 0.610. The van der Waals surface area contributed by atoms with Crippen molar-refractivity contribution in [3.63, 3.8) is 0 Å². The Morgan fingerprint density at radius 1 is 1.36 bits per heavy atom. The van der Waals surface area contributed by atoms with Crippen LogP contribution in [-0.2, 0) is 9.05 Å². The Balaban J connectivity index is 2.95. The van der Waals surface area contributed by atoms with E-state index in [0.29, 0.717) is 5.52 Å². The summed E-state index contributed by atoms with van der Waals surface area (Å²) in [6.07, 6.45) is 1.59. The van der Waals surface area contributed by atoms with Crippen LogP contribution in [0.5, 0.6) is 0 Å². The fourth-order valence-corrected chi connectivity index (χ4v) is 2.88. The predicted molar refractivity (Wildman–Crippen MR) is 53.2 cm³/mol. The Morgan fingerprint density at radius 3 is 2.71 bits per heavy atom. The van der Waals surface area contributed by atoms with Crippen LogP contribution in [0.3, 0.4) is 0 Å². The van der Waals surface area contributed by atoms with Gasteiger partial charge in [-0.05, 0) is 12.1 Å². The summed E-state index contributed by atoms with van der Waals surface area (Å²) in [5, 5.41) is 3.68. The van der Waals surface area contributed by atoms with Crippen LogP contribution < -0.4 is 0 Å². The minimum absolute atomic E-state index is 0.119. The molecule has 7 heteroatoms. The second-order valence-corrected chi connectivity index (χ2v) is 5.45. The van der Waals surface area contributed by atoms with E-state index in [0.717, 1.165) is 0 Å². The summed E-state index contributed by atoms with van der Waals surface area (Å²) >= 11 is 5.66. The topological polar surface area (TPSA) is 51.4 Å². The lowest BCUT2D eigenvalue weighted by Crippen LogP contribution is -1.90. The molecule has 2 aromatic heterocycles. The molecule has 2 rings (SSSR count). The van der Waals surface area contributed by atoms with E-state index in [1.165, 1.54) is 4.52 Å². The van der Waals surface area contributed by atoms with Gasteiger partial charge in [-0.3, -0.25) is 0 Å². The minimum Gasteiger partial charge on any atom is -0.238 e. The van der Waals surface area contributed by atoms with E-state index < -0.39 is 9.05 Å². The molecule has 0 N–H and O–H groups in total. The van der Waals surface area contributed by atoms with Crippen molar-refractivity contribution in [2.75, 3.05) is 0 Å². The van der Waals surface area contributed by atoms with Crippen molar-refractivity contribution in [3.05, 3.63) is 29.5 Å². The number of hydrogen-bond donors (Lipinski definition) is 0. The van der Waals surface area contributed by atoms with Gasteiger partial charge in [-0.15, -0.1) is 0 Å². The van der Waals surface area contributed by atoms with Crippen LogP contribution in [0.4, 0.5) is 0 Å². The Hall–Kier alpha value is -0.780. The zero-order valence-electron chi connectivity index (χ0n) is 6.68. The molecule has 0 amide bonds. The van der Waals surface area contributed by atoms with Gasteiger partial charge in [-0.2, -0.15) is 5.10 Å². The molecule has 0 saturated heterocycles. The molecule has 2 aromatic rings. The molecule has 0 fully saturated rings. The summed E-state index contributed by atoms with van der Waals surface area (Å²) < 4.78 is 23.7. The maximum absolute atomic E-state index is 11.2. The van der Waals surface area contributed by atoms with Crippen molar-refractivity contribution >= 4 is 36.9 Å². The van der Waals surface area contributed by atoms with Crippen molar-refractivity contribution in [2.24, 2.45) is 0 Å². The zero-order valence-corrected chi connectivity index (χ0v) is 9.01. The fraction of sp³-hybridized carbons (Fsp3) is 0. The first kappa shape index (κ1) is 9.76. The van der Waals surface area contributed by atoms with Gasteiger partial charge in [0.15, 0.2) is 5.15 Å². The van der Waals surface area contributed by atoms with E-state index in [4.69, 9.17) is 22.3 Å². The molecule has 0 saturated carbocycles. The molecular weight excluding hydrogens is 247 g/mol. The SMILES string of the molecule is O=S(=O)(Cl)c1c(Cl)nn2ccccc12. The molecule has 74 valence electrons. The second kappa shape index (κ2) is 3.12. The first-order valence-electron chi connectivity index (χ1n) is 3.57. The van der Waals surface area contributed by atoms with Gasteiger partial charge in [0.25, 0.3) is 9.05 Å². The molecule has 0 atom stereocenters. The summed E-state index contributed by atoms with van der Waals surface area (Å²) in [6.45, 7) is 0. The predicted octanol–water partition coefficient (Wildman–Crippen LogP) is 1.92. The van der Waals surface area contributed by atoms with E-state index in [-0.39, 0.29) is 10.0 Å². The van der Waals surface area contributed by atoms with E-state index in [2.05, 4.69) is 5.10 Å². The Bertz CT molecular complexity index is 591. The first-order chi connectivity index (χ1) is 6.50. The molecule has 0 aliphatic carbocycles. The molecule has 0 aromatic carbocycles. The normalized spacial score (nSPS) is 12.1. The van der Waals surface area contributed by atoms with Gasteiger partial charge < -0.3 is 0 Å². The smallest absolute Gasteiger partial charge is 0.238 e. The third kappa shape index (κ3) is 1.47. The van der Waals surface area contributed by atoms with Crippen LogP contribution in [0.1, 0.15) is 0 Å². The molecule has 4 nitrogen and oxygen atoms in total. The summed E-state index contributed by atoms with van der Waals surface area (Å²) in [5.41, 5.74) is 0.368. The van der Waals surface area contributed by atoms with Crippen molar-refractivity contribution < 1.29 is 8.42 Å². The third-order valence-electron chi connectivity index (χ3n) is 1.70. The second-order valence-electron chi connectivity index (χ2n) is 2.59. The number of aromatic nitrogens is 2. The Kier molecular flexibility index (Phi) is 2.17. The number of pyridine rings is 1. The van der Waals surface area contributed by atoms with Crippen LogP contribution in [0, 0.1) is 0 Å². The number of halogens is 2. The number of nitrogens with zero attached hydrogens (tertiary/aromatic N) is 2. The molecule has 0 unspecified atom stereocenters. The summed E-state index contributed by atoms with van der Waals surface area (Å²) in [7, 11) is 1.36. The monoisotopic (exact) mass is 250 g/mol. The first-order valence-corrected chi connectivity index (χ1v) is 6.26. The highest BCUT2D eigenvalue weighted by Gasteiger charge is 2.21. The van der Waals surface area contributed by atoms with Crippen LogP contribution in [0.2, 0.25) is 5.15 Å². The molecule has 14 heavy (non-hydrogen) atoms. The number of rotatable bonds is 1. The molecule has 0 bridgehead atoms. The zero-order chi connectivity index (χ0) is 10.3. The summed E-state index contributed by atoms with van der Waals surface area (Å²) in [4.78, 5) is -0.151. The third-order valence-corrected chi connectivity index (χ3v) is 3.43. The lowest BCUT2D eigenvalue weighted by atomic mass is 10.4. The standard InChI is InChI=1S/C7H4Cl2N2O2S/c8-7-6(14(9,12)13)5-3-1-2-4-11(5)10-7/h1-4H. The molecular formula is C7H4Cl2N2O2S. The van der Waals surface area contributed by atoms with Crippen LogP contribution in [0.15, 0.2) is 29.3 Å². The number of fused-ring (bicyclic) bond motifs is 1. The molecule has 0 spiro atoms. The fourth-order valence-electron chi connectivity index (χ4n) is 1.17. The largest absolute Gasteiger partial charge is 0.266 e. The van der Waals surface area contributed by atoms with Gasteiger partial charge in [0, 0.05) is 16.9 Å². The minimum atomic E-state index is -3.86. The van der Waals surface area contributed by atoms with Crippen molar-refractivity contribution in [2.45, 2.75) is 4.90 Å². The lowest BCUT2D eigenvalue weighted by Gasteiger charge is -1.92. The van der Waals surface area contributed by atoms with Crippen molar-refractivity contribution in [3.8, 4) is 0 Å². The number of hydrogen-bond acceptors (Lipinski definition) is 3. The van der Waals surface area contributed by atoms with Gasteiger partial charge in [0.2, 0.25) is 0 Å². The van der Waals surface area contributed by atoms with E-state index in [1.54, 1.807) is 24.4 Å². The van der Waals surface area contributed by atoms with Gasteiger partial charge >= 0.3 is 0 Å². The molecule has 2 heterocycles. The van der Waals surface area contributed by atoms with E-state index in [1.807, 2.05) is 0 Å². The Morgan fingerprint density at radius 2 is 2.07 bits per heavy atom. The average molecular weight is 251 g/mol. The van der Waals surface area contributed by atoms with Gasteiger partial charge in [0.05, 0.1) is 5.52 Å². The van der Waals surface area contributed by atoms with Crippen molar-refractivity contribution in [1.29, 1.82) is 0 Å². The van der Waals surface area contributed by atoms with Crippen LogP contribution in [-0.4, -0.2) is 18.0 Å². The van der Waals surface area contributed by atoms with Gasteiger partial charge in [-0.1, -0.05) is 17.7 Å². The van der Waals surface area contributed by atoms with Crippen LogP contribution in [0.25, 0.3) is 5.52 Å². The summed E-state index contributed by atoms with van der Waals surface area (Å²) in [6, 6.07) is 4.97. The highest BCUT2D eigenvalue weighted by Crippen LogP contribution is 2.27. The maximum Gasteiger partial charge on any atom is 0.266 e. The van der Waals surface area contributed by atoms with E-state index in [9.17, 15) is 8.42 Å². The van der Waals surface area contributed by atoms with E-state index >= 15 is 0 Å². The van der Waals surface area contributed by atoms with Gasteiger partial charge in [0.1, 0.15) is 4.90 Å². The maximum atomic E-state index is 11.2. The molecule has 0 aliphatic rings. The highest BCUT2D eigenvalue weighted by molar-refractivity contribution is 8.14. The average Bonchev–Trinajstić information content (AvgIpc) is 2.38. The Labute approximate surface area is 89.5 Å². The van der Waals surface area contributed by atoms with Gasteiger partial charge in [-0.25, -0.2) is 12.9 Å². The van der Waals surface area contributed by atoms with Crippen molar-refractivity contribution in [1.82, 2.24) is 9.61 Å². The molecule has 0 aliphatic heterocycles. The quantitative estimate of drug-likeness (QED) is 0.727. The highest BCUT2D eigenvalue weighted by atomic mass is 35.7.